The Hall–Kier alpha value is -2.58. The highest BCUT2D eigenvalue weighted by atomic mass is 32.2. The number of anilines is 1. The summed E-state index contributed by atoms with van der Waals surface area (Å²) in [5.41, 5.74) is 2.29. The first-order chi connectivity index (χ1) is 13.0. The molecule has 0 saturated carbocycles. The summed E-state index contributed by atoms with van der Waals surface area (Å²) in [7, 11) is -1.52. The van der Waals surface area contributed by atoms with Crippen LogP contribution in [-0.2, 0) is 16.4 Å². The monoisotopic (exact) mass is 389 g/mol. The van der Waals surface area contributed by atoms with Gasteiger partial charge in [-0.25, -0.2) is 13.2 Å². The minimum absolute atomic E-state index is 0.144. The van der Waals surface area contributed by atoms with Gasteiger partial charge in [0.1, 0.15) is 5.75 Å². The molecule has 144 valence electrons. The maximum absolute atomic E-state index is 12.2. The molecular formula is C19H23N3O4S. The van der Waals surface area contributed by atoms with Crippen LogP contribution in [0.15, 0.2) is 48.5 Å². The predicted octanol–water partition coefficient (Wildman–Crippen LogP) is 2.08. The molecule has 2 aromatic rings. The first kappa shape index (κ1) is 19.2. The van der Waals surface area contributed by atoms with E-state index in [1.165, 1.54) is 0 Å². The van der Waals surface area contributed by atoms with Crippen LogP contribution in [-0.4, -0.2) is 40.4 Å². The Morgan fingerprint density at radius 1 is 1.15 bits per heavy atom. The van der Waals surface area contributed by atoms with Crippen molar-refractivity contribution in [2.75, 3.05) is 31.3 Å². The summed E-state index contributed by atoms with van der Waals surface area (Å²) in [5, 5.41) is 8.10. The van der Waals surface area contributed by atoms with Gasteiger partial charge in [0.15, 0.2) is 9.84 Å². The fourth-order valence-electron chi connectivity index (χ4n) is 2.92. The highest BCUT2D eigenvalue weighted by Gasteiger charge is 2.29. The number of urea groups is 1. The van der Waals surface area contributed by atoms with Crippen LogP contribution in [0.25, 0.3) is 0 Å². The predicted molar refractivity (Wildman–Crippen MR) is 105 cm³/mol. The number of hydrogen-bond acceptors (Lipinski definition) is 5. The number of hydrogen-bond donors (Lipinski definition) is 3. The Morgan fingerprint density at radius 2 is 1.85 bits per heavy atom. The zero-order valence-electron chi connectivity index (χ0n) is 15.1. The normalized spacial score (nSPS) is 18.5. The van der Waals surface area contributed by atoms with Gasteiger partial charge in [0.25, 0.3) is 0 Å². The van der Waals surface area contributed by atoms with Crippen LogP contribution in [0, 0.1) is 0 Å². The van der Waals surface area contributed by atoms with E-state index in [0.717, 1.165) is 16.9 Å². The minimum atomic E-state index is -3.13. The van der Waals surface area contributed by atoms with Gasteiger partial charge in [0.05, 0.1) is 18.1 Å². The Balaban J connectivity index is 1.55. The molecule has 0 aliphatic carbocycles. The summed E-state index contributed by atoms with van der Waals surface area (Å²) in [6.07, 6.45) is 0. The standard InChI is InChI=1S/C19H23N3O4S/c1-26-17-8-2-14(3-9-17)12-21-19(23)22-16-6-4-15(5-7-16)18-13-20-10-11-27(18,24)25/h2-9,18,20H,10-13H2,1H3,(H2,21,22,23)/t18-/m0/s1. The molecule has 1 atom stereocenters. The highest BCUT2D eigenvalue weighted by molar-refractivity contribution is 7.91. The molecule has 0 bridgehead atoms. The van der Waals surface area contributed by atoms with Crippen molar-refractivity contribution in [3.63, 3.8) is 0 Å². The fourth-order valence-corrected chi connectivity index (χ4v) is 4.58. The van der Waals surface area contributed by atoms with Crippen molar-refractivity contribution in [2.45, 2.75) is 11.8 Å². The number of methoxy groups -OCH3 is 1. The number of ether oxygens (including phenoxy) is 1. The molecule has 0 spiro atoms. The first-order valence-corrected chi connectivity index (χ1v) is 10.4. The van der Waals surface area contributed by atoms with Crippen LogP contribution >= 0.6 is 0 Å². The number of carbonyl (C=O) groups is 1. The Kier molecular flexibility index (Phi) is 5.98. The van der Waals surface area contributed by atoms with E-state index in [2.05, 4.69) is 16.0 Å². The number of benzene rings is 2. The molecular weight excluding hydrogens is 366 g/mol. The van der Waals surface area contributed by atoms with E-state index in [1.54, 1.807) is 31.4 Å². The van der Waals surface area contributed by atoms with Crippen LogP contribution in [0.3, 0.4) is 0 Å². The molecule has 8 heteroatoms. The van der Waals surface area contributed by atoms with Crippen LogP contribution in [0.2, 0.25) is 0 Å². The van der Waals surface area contributed by atoms with E-state index >= 15 is 0 Å². The number of sulfone groups is 1. The molecule has 2 amide bonds. The molecule has 1 heterocycles. The average Bonchev–Trinajstić information content (AvgIpc) is 2.67. The van der Waals surface area contributed by atoms with Crippen LogP contribution in [0.5, 0.6) is 5.75 Å². The SMILES string of the molecule is COc1ccc(CNC(=O)Nc2ccc([C@@H]3CNCCS3(=O)=O)cc2)cc1. The molecule has 1 fully saturated rings. The van der Waals surface area contributed by atoms with Gasteiger partial charge in [-0.1, -0.05) is 24.3 Å². The van der Waals surface area contributed by atoms with Gasteiger partial charge in [-0.15, -0.1) is 0 Å². The number of rotatable bonds is 5. The van der Waals surface area contributed by atoms with Gasteiger partial charge in [-0.2, -0.15) is 0 Å². The van der Waals surface area contributed by atoms with Crippen molar-refractivity contribution in [2.24, 2.45) is 0 Å². The van der Waals surface area contributed by atoms with Crippen molar-refractivity contribution >= 4 is 21.6 Å². The second-order valence-electron chi connectivity index (χ2n) is 6.34. The Bertz CT molecular complexity index is 880. The summed E-state index contributed by atoms with van der Waals surface area (Å²) in [5.74, 6) is 0.907. The van der Waals surface area contributed by atoms with Crippen LogP contribution < -0.4 is 20.7 Å². The van der Waals surface area contributed by atoms with Gasteiger partial charge in [-0.05, 0) is 35.4 Å². The first-order valence-electron chi connectivity index (χ1n) is 8.68. The summed E-state index contributed by atoms with van der Waals surface area (Å²) in [6, 6.07) is 14.0. The Morgan fingerprint density at radius 3 is 2.48 bits per heavy atom. The lowest BCUT2D eigenvalue weighted by molar-refractivity contribution is 0.251. The van der Waals surface area contributed by atoms with Crippen molar-refractivity contribution < 1.29 is 17.9 Å². The molecule has 1 aliphatic rings. The van der Waals surface area contributed by atoms with Crippen LogP contribution in [0.1, 0.15) is 16.4 Å². The minimum Gasteiger partial charge on any atom is -0.497 e. The van der Waals surface area contributed by atoms with E-state index in [-0.39, 0.29) is 11.8 Å². The molecule has 7 nitrogen and oxygen atoms in total. The van der Waals surface area contributed by atoms with E-state index in [4.69, 9.17) is 4.74 Å². The highest BCUT2D eigenvalue weighted by Crippen LogP contribution is 2.25. The zero-order chi connectivity index (χ0) is 19.3. The lowest BCUT2D eigenvalue weighted by atomic mass is 10.1. The maximum atomic E-state index is 12.2. The summed E-state index contributed by atoms with van der Waals surface area (Å²) < 4.78 is 29.5. The number of amides is 2. The fraction of sp³-hybridized carbons (Fsp3) is 0.316. The second-order valence-corrected chi connectivity index (χ2v) is 8.64. The van der Waals surface area contributed by atoms with Gasteiger partial charge in [-0.3, -0.25) is 0 Å². The van der Waals surface area contributed by atoms with E-state index < -0.39 is 15.1 Å². The third-order valence-corrected chi connectivity index (χ3v) is 6.56. The molecule has 1 aliphatic heterocycles. The van der Waals surface area contributed by atoms with Crippen molar-refractivity contribution in [3.8, 4) is 5.75 Å². The summed E-state index contributed by atoms with van der Waals surface area (Å²) in [6.45, 7) is 1.30. The van der Waals surface area contributed by atoms with Gasteiger partial charge < -0.3 is 20.7 Å². The molecule has 1 saturated heterocycles. The van der Waals surface area contributed by atoms with Crippen molar-refractivity contribution in [3.05, 3.63) is 59.7 Å². The molecule has 0 unspecified atom stereocenters. The zero-order valence-corrected chi connectivity index (χ0v) is 15.9. The van der Waals surface area contributed by atoms with Crippen molar-refractivity contribution in [1.82, 2.24) is 10.6 Å². The molecule has 3 N–H and O–H groups in total. The molecule has 27 heavy (non-hydrogen) atoms. The van der Waals surface area contributed by atoms with E-state index in [9.17, 15) is 13.2 Å². The molecule has 0 aromatic heterocycles. The van der Waals surface area contributed by atoms with Gasteiger partial charge in [0, 0.05) is 25.3 Å². The summed E-state index contributed by atoms with van der Waals surface area (Å²) >= 11 is 0. The third kappa shape index (κ3) is 4.99. The number of carbonyl (C=O) groups excluding carboxylic acids is 1. The Labute approximate surface area is 159 Å². The van der Waals surface area contributed by atoms with Gasteiger partial charge >= 0.3 is 6.03 Å². The lowest BCUT2D eigenvalue weighted by Gasteiger charge is -2.23. The number of nitrogens with one attached hydrogen (secondary N) is 3. The third-order valence-electron chi connectivity index (χ3n) is 4.48. The summed E-state index contributed by atoms with van der Waals surface area (Å²) in [4.78, 5) is 12.0. The van der Waals surface area contributed by atoms with Crippen LogP contribution in [0.4, 0.5) is 10.5 Å². The van der Waals surface area contributed by atoms with Crippen molar-refractivity contribution in [1.29, 1.82) is 0 Å². The molecule has 3 rings (SSSR count). The second kappa shape index (κ2) is 8.41. The maximum Gasteiger partial charge on any atom is 0.319 e. The topological polar surface area (TPSA) is 96.5 Å². The lowest BCUT2D eigenvalue weighted by Crippen LogP contribution is -2.38. The average molecular weight is 389 g/mol. The quantitative estimate of drug-likeness (QED) is 0.728. The molecule has 0 radical (unpaired) electrons. The van der Waals surface area contributed by atoms with E-state index in [1.807, 2.05) is 24.3 Å². The largest absolute Gasteiger partial charge is 0.497 e. The molecule has 2 aromatic carbocycles. The van der Waals surface area contributed by atoms with E-state index in [0.29, 0.717) is 25.3 Å². The van der Waals surface area contributed by atoms with Gasteiger partial charge in [0.2, 0.25) is 0 Å². The smallest absolute Gasteiger partial charge is 0.319 e.